The third-order valence-electron chi connectivity index (χ3n) is 8.37. The van der Waals surface area contributed by atoms with Gasteiger partial charge in [-0.1, -0.05) is 84.9 Å². The number of benzene rings is 5. The molecule has 2 heterocycles. The average Bonchev–Trinajstić information content (AvgIpc) is 3.58. The predicted molar refractivity (Wildman–Crippen MR) is 146 cm³/mol. The molecule has 0 amide bonds. The number of rotatable bonds is 0. The quantitative estimate of drug-likeness (QED) is 0.207. The summed E-state index contributed by atoms with van der Waals surface area (Å²) in [6.45, 7) is 0. The van der Waals surface area contributed by atoms with Crippen LogP contribution in [0.15, 0.2) is 103 Å². The van der Waals surface area contributed by atoms with Crippen LogP contribution >= 0.6 is 0 Å². The molecule has 0 N–H and O–H groups in total. The molecular formula is C34H21N. The zero-order valence-corrected chi connectivity index (χ0v) is 19.2. The molecule has 0 spiro atoms. The van der Waals surface area contributed by atoms with Crippen molar-refractivity contribution in [1.29, 1.82) is 0 Å². The largest absolute Gasteiger partial charge is 0.314 e. The number of pyridine rings is 1. The van der Waals surface area contributed by atoms with Crippen LogP contribution in [-0.4, -0.2) is 4.40 Å². The molecule has 0 bridgehead atoms. The molecule has 1 heteroatoms. The predicted octanol–water partition coefficient (Wildman–Crippen LogP) is 8.54. The van der Waals surface area contributed by atoms with Crippen LogP contribution in [0.25, 0.3) is 60.2 Å². The van der Waals surface area contributed by atoms with Gasteiger partial charge in [0.1, 0.15) is 0 Å². The van der Waals surface area contributed by atoms with Crippen molar-refractivity contribution in [3.8, 4) is 22.3 Å². The van der Waals surface area contributed by atoms with Crippen molar-refractivity contribution in [1.82, 2.24) is 4.40 Å². The number of hydrogen-bond donors (Lipinski definition) is 0. The molecule has 162 valence electrons. The first-order valence-corrected chi connectivity index (χ1v) is 12.5. The molecule has 2 aromatic heterocycles. The molecule has 0 aliphatic heterocycles. The van der Waals surface area contributed by atoms with Gasteiger partial charge in [-0.3, -0.25) is 0 Å². The molecule has 0 saturated heterocycles. The number of fused-ring (bicyclic) bond motifs is 15. The Balaban J connectivity index is 1.54. The molecule has 1 nitrogen and oxygen atoms in total. The van der Waals surface area contributed by atoms with Crippen molar-refractivity contribution in [3.63, 3.8) is 0 Å². The van der Waals surface area contributed by atoms with E-state index in [0.29, 0.717) is 0 Å². The molecule has 0 atom stereocenters. The lowest BCUT2D eigenvalue weighted by molar-refractivity contribution is 1.25. The minimum absolute atomic E-state index is 1.02. The molecule has 35 heavy (non-hydrogen) atoms. The van der Waals surface area contributed by atoms with Crippen molar-refractivity contribution in [2.75, 3.05) is 0 Å². The summed E-state index contributed by atoms with van der Waals surface area (Å²) in [5.41, 5.74) is 14.0. The molecule has 0 unspecified atom stereocenters. The standard InChI is InChI=1S/C34H21N/c1-4-10-25-20(7-1)16-24-17-30-28-14-13-22-15-21-8-2-5-11-26(21)32(22)34(28)35-19-23-9-3-6-12-27(23)33(35)31(30)18-29(24)25/h1-14,17-19H,15-16H2. The maximum Gasteiger partial charge on any atom is 0.0616 e. The third kappa shape index (κ3) is 2.19. The van der Waals surface area contributed by atoms with Crippen LogP contribution < -0.4 is 0 Å². The second kappa shape index (κ2) is 6.20. The first-order chi connectivity index (χ1) is 17.3. The van der Waals surface area contributed by atoms with Gasteiger partial charge in [-0.25, -0.2) is 0 Å². The van der Waals surface area contributed by atoms with E-state index in [4.69, 9.17) is 0 Å². The van der Waals surface area contributed by atoms with Gasteiger partial charge in [-0.05, 0) is 69.3 Å². The molecule has 0 saturated carbocycles. The lowest BCUT2D eigenvalue weighted by Crippen LogP contribution is -1.95. The first-order valence-electron chi connectivity index (χ1n) is 12.5. The lowest BCUT2D eigenvalue weighted by Gasteiger charge is -2.15. The minimum Gasteiger partial charge on any atom is -0.314 e. The van der Waals surface area contributed by atoms with Crippen LogP contribution in [0.4, 0.5) is 0 Å². The summed E-state index contributed by atoms with van der Waals surface area (Å²) in [7, 11) is 0. The second-order valence-corrected chi connectivity index (χ2v) is 10.2. The summed E-state index contributed by atoms with van der Waals surface area (Å²) in [6, 6.07) is 36.4. The van der Waals surface area contributed by atoms with E-state index in [1.54, 1.807) is 0 Å². The van der Waals surface area contributed by atoms with Gasteiger partial charge in [0.05, 0.1) is 11.0 Å². The van der Waals surface area contributed by atoms with Crippen LogP contribution in [0, 0.1) is 0 Å². The number of aromatic nitrogens is 1. The van der Waals surface area contributed by atoms with E-state index in [1.807, 2.05) is 0 Å². The normalized spacial score (nSPS) is 13.5. The molecule has 2 aliphatic rings. The zero-order valence-electron chi connectivity index (χ0n) is 19.2. The Morgan fingerprint density at radius 2 is 1.20 bits per heavy atom. The monoisotopic (exact) mass is 443 g/mol. The number of nitrogens with zero attached hydrogens (tertiary/aromatic N) is 1. The summed E-state index contributed by atoms with van der Waals surface area (Å²) < 4.78 is 2.50. The highest BCUT2D eigenvalue weighted by Crippen LogP contribution is 2.47. The van der Waals surface area contributed by atoms with Crippen molar-refractivity contribution in [2.24, 2.45) is 0 Å². The second-order valence-electron chi connectivity index (χ2n) is 10.2. The SMILES string of the molecule is c1ccc2c(c1)Cc1cc3c4ccc5c(c4n4cc6ccccc6c4c3cc1-2)-c1ccccc1C5. The van der Waals surface area contributed by atoms with Gasteiger partial charge in [0.2, 0.25) is 0 Å². The fraction of sp³-hybridized carbons (Fsp3) is 0.0588. The maximum absolute atomic E-state index is 2.50. The maximum atomic E-state index is 2.50. The van der Waals surface area contributed by atoms with Crippen molar-refractivity contribution >= 4 is 38.0 Å². The van der Waals surface area contributed by atoms with Crippen molar-refractivity contribution in [2.45, 2.75) is 12.8 Å². The van der Waals surface area contributed by atoms with Gasteiger partial charge in [0.25, 0.3) is 0 Å². The van der Waals surface area contributed by atoms with Crippen LogP contribution in [0.2, 0.25) is 0 Å². The molecule has 0 radical (unpaired) electrons. The Kier molecular flexibility index (Phi) is 3.19. The van der Waals surface area contributed by atoms with Gasteiger partial charge in [-0.2, -0.15) is 0 Å². The number of hydrogen-bond acceptors (Lipinski definition) is 0. The smallest absolute Gasteiger partial charge is 0.0616 e. The Morgan fingerprint density at radius 1 is 0.457 bits per heavy atom. The molecule has 7 aromatic rings. The van der Waals surface area contributed by atoms with Gasteiger partial charge in [0, 0.05) is 33.3 Å². The van der Waals surface area contributed by atoms with Crippen LogP contribution in [0.1, 0.15) is 22.3 Å². The lowest BCUT2D eigenvalue weighted by atomic mass is 9.94. The Hall–Kier alpha value is -4.36. The topological polar surface area (TPSA) is 4.41 Å². The average molecular weight is 444 g/mol. The van der Waals surface area contributed by atoms with E-state index in [2.05, 4.69) is 108 Å². The van der Waals surface area contributed by atoms with Gasteiger partial charge in [-0.15, -0.1) is 0 Å². The summed E-state index contributed by atoms with van der Waals surface area (Å²) >= 11 is 0. The highest BCUT2D eigenvalue weighted by molar-refractivity contribution is 6.23. The molecule has 9 rings (SSSR count). The van der Waals surface area contributed by atoms with Crippen LogP contribution in [0.5, 0.6) is 0 Å². The van der Waals surface area contributed by atoms with Gasteiger partial charge in [0.15, 0.2) is 0 Å². The van der Waals surface area contributed by atoms with E-state index in [-0.39, 0.29) is 0 Å². The van der Waals surface area contributed by atoms with E-state index < -0.39 is 0 Å². The molecular weight excluding hydrogens is 422 g/mol. The third-order valence-corrected chi connectivity index (χ3v) is 8.37. The summed E-state index contributed by atoms with van der Waals surface area (Å²) in [4.78, 5) is 0. The van der Waals surface area contributed by atoms with E-state index in [9.17, 15) is 0 Å². The van der Waals surface area contributed by atoms with Gasteiger partial charge < -0.3 is 4.40 Å². The Morgan fingerprint density at radius 3 is 2.11 bits per heavy atom. The molecule has 2 aliphatic carbocycles. The van der Waals surface area contributed by atoms with Crippen LogP contribution in [0.3, 0.4) is 0 Å². The van der Waals surface area contributed by atoms with Gasteiger partial charge >= 0.3 is 0 Å². The summed E-state index contributed by atoms with van der Waals surface area (Å²) in [5, 5.41) is 6.69. The van der Waals surface area contributed by atoms with Crippen molar-refractivity contribution < 1.29 is 0 Å². The van der Waals surface area contributed by atoms with Crippen LogP contribution in [-0.2, 0) is 12.8 Å². The highest BCUT2D eigenvalue weighted by Gasteiger charge is 2.26. The fourth-order valence-corrected chi connectivity index (χ4v) is 6.88. The fourth-order valence-electron chi connectivity index (χ4n) is 6.88. The molecule has 0 fully saturated rings. The van der Waals surface area contributed by atoms with E-state index >= 15 is 0 Å². The summed E-state index contributed by atoms with van der Waals surface area (Å²) in [6.07, 6.45) is 4.39. The Bertz CT molecular complexity index is 2050. The Labute approximate surface area is 202 Å². The molecule has 5 aromatic carbocycles. The minimum atomic E-state index is 1.02. The van der Waals surface area contributed by atoms with E-state index in [1.165, 1.54) is 82.5 Å². The highest BCUT2D eigenvalue weighted by atomic mass is 14.9. The van der Waals surface area contributed by atoms with E-state index in [0.717, 1.165) is 12.8 Å². The van der Waals surface area contributed by atoms with Crippen molar-refractivity contribution in [3.05, 3.63) is 126 Å². The zero-order chi connectivity index (χ0) is 22.7. The first kappa shape index (κ1) is 18.0. The summed E-state index contributed by atoms with van der Waals surface area (Å²) in [5.74, 6) is 0.